The summed E-state index contributed by atoms with van der Waals surface area (Å²) in [5, 5.41) is 0.470. The van der Waals surface area contributed by atoms with Crippen molar-refractivity contribution in [1.82, 2.24) is 0 Å². The zero-order valence-electron chi connectivity index (χ0n) is 10.9. The second kappa shape index (κ2) is 6.57. The molecule has 0 aliphatic rings. The lowest BCUT2D eigenvalue weighted by atomic mass is 10.1. The molecule has 0 aromatic heterocycles. The summed E-state index contributed by atoms with van der Waals surface area (Å²) in [7, 11) is 0. The van der Waals surface area contributed by atoms with Gasteiger partial charge in [-0.15, -0.1) is 0 Å². The molecule has 0 bridgehead atoms. The fourth-order valence-corrected chi connectivity index (χ4v) is 2.29. The smallest absolute Gasteiger partial charge is 0.138 e. The van der Waals surface area contributed by atoms with Gasteiger partial charge < -0.3 is 10.5 Å². The van der Waals surface area contributed by atoms with Crippen molar-refractivity contribution < 1.29 is 9.13 Å². The van der Waals surface area contributed by atoms with Crippen LogP contribution in [0.5, 0.6) is 5.75 Å². The van der Waals surface area contributed by atoms with Crippen LogP contribution in [0.2, 0.25) is 5.02 Å². The molecule has 0 unspecified atom stereocenters. The Bertz CT molecular complexity index is 619. The first-order chi connectivity index (χ1) is 9.47. The summed E-state index contributed by atoms with van der Waals surface area (Å²) >= 11 is 9.33. The van der Waals surface area contributed by atoms with Gasteiger partial charge in [0.05, 0.1) is 5.02 Å². The minimum atomic E-state index is -0.317. The molecule has 106 valence electrons. The lowest BCUT2D eigenvalue weighted by Crippen LogP contribution is -2.05. The number of rotatable bonds is 4. The first-order valence-electron chi connectivity index (χ1n) is 6.09. The zero-order valence-corrected chi connectivity index (χ0v) is 13.2. The first-order valence-corrected chi connectivity index (χ1v) is 7.26. The Labute approximate surface area is 130 Å². The van der Waals surface area contributed by atoms with E-state index in [1.54, 1.807) is 24.3 Å². The van der Waals surface area contributed by atoms with E-state index in [-0.39, 0.29) is 18.5 Å². The topological polar surface area (TPSA) is 35.2 Å². The molecular weight excluding hydrogens is 345 g/mol. The zero-order chi connectivity index (χ0) is 14.7. The highest BCUT2D eigenvalue weighted by atomic mass is 79.9. The van der Waals surface area contributed by atoms with Crippen LogP contribution < -0.4 is 10.5 Å². The lowest BCUT2D eigenvalue weighted by Gasteiger charge is -2.11. The van der Waals surface area contributed by atoms with E-state index in [9.17, 15) is 4.39 Å². The summed E-state index contributed by atoms with van der Waals surface area (Å²) in [5.74, 6) is 0.195. The van der Waals surface area contributed by atoms with Crippen LogP contribution in [-0.2, 0) is 6.61 Å². The van der Waals surface area contributed by atoms with Crippen molar-refractivity contribution in [3.8, 4) is 5.75 Å². The minimum Gasteiger partial charge on any atom is -0.487 e. The van der Waals surface area contributed by atoms with Gasteiger partial charge in [0.15, 0.2) is 0 Å². The minimum absolute atomic E-state index is 0.0922. The summed E-state index contributed by atoms with van der Waals surface area (Å²) in [6, 6.07) is 10.1. The highest BCUT2D eigenvalue weighted by Gasteiger charge is 2.08. The Morgan fingerprint density at radius 1 is 1.30 bits per heavy atom. The van der Waals surface area contributed by atoms with Crippen LogP contribution in [-0.4, -0.2) is 0 Å². The van der Waals surface area contributed by atoms with Gasteiger partial charge in [0.1, 0.15) is 18.2 Å². The summed E-state index contributed by atoms with van der Waals surface area (Å²) < 4.78 is 19.9. The van der Waals surface area contributed by atoms with E-state index in [1.165, 1.54) is 6.07 Å². The molecule has 2 N–H and O–H groups in total. The Hall–Kier alpha value is -1.10. The van der Waals surface area contributed by atoms with Crippen LogP contribution in [0.4, 0.5) is 4.39 Å². The first kappa shape index (κ1) is 15.3. The van der Waals surface area contributed by atoms with Crippen molar-refractivity contribution in [2.24, 2.45) is 5.73 Å². The monoisotopic (exact) mass is 357 g/mol. The number of benzene rings is 2. The predicted molar refractivity (Wildman–Crippen MR) is 82.5 cm³/mol. The molecule has 2 aromatic rings. The van der Waals surface area contributed by atoms with Gasteiger partial charge >= 0.3 is 0 Å². The van der Waals surface area contributed by atoms with E-state index in [0.29, 0.717) is 20.8 Å². The number of ether oxygens (including phenoxy) is 1. The lowest BCUT2D eigenvalue weighted by molar-refractivity contribution is 0.300. The summed E-state index contributed by atoms with van der Waals surface area (Å²) in [5.41, 5.74) is 7.18. The van der Waals surface area contributed by atoms with Gasteiger partial charge in [-0.2, -0.15) is 0 Å². The molecule has 0 aliphatic heterocycles. The van der Waals surface area contributed by atoms with Gasteiger partial charge in [-0.05, 0) is 36.8 Å². The van der Waals surface area contributed by atoms with Gasteiger partial charge in [0, 0.05) is 16.1 Å². The normalized spacial score (nSPS) is 12.2. The molecule has 0 fully saturated rings. The van der Waals surface area contributed by atoms with Crippen LogP contribution in [0.3, 0.4) is 0 Å². The molecule has 2 aromatic carbocycles. The van der Waals surface area contributed by atoms with E-state index < -0.39 is 0 Å². The second-order valence-electron chi connectivity index (χ2n) is 4.50. The Balaban J connectivity index is 2.11. The van der Waals surface area contributed by atoms with Gasteiger partial charge in [-0.1, -0.05) is 39.7 Å². The van der Waals surface area contributed by atoms with Gasteiger partial charge in [-0.25, -0.2) is 4.39 Å². The van der Waals surface area contributed by atoms with Crippen molar-refractivity contribution in [1.29, 1.82) is 0 Å². The van der Waals surface area contributed by atoms with Crippen LogP contribution in [0.15, 0.2) is 40.9 Å². The van der Waals surface area contributed by atoms with Gasteiger partial charge in [0.2, 0.25) is 0 Å². The molecule has 0 heterocycles. The molecule has 2 nitrogen and oxygen atoms in total. The van der Waals surface area contributed by atoms with Crippen LogP contribution in [0, 0.1) is 5.82 Å². The predicted octanol–water partition coefficient (Wildman–Crippen LogP) is 4.84. The average Bonchev–Trinajstić information content (AvgIpc) is 2.38. The number of nitrogens with two attached hydrogens (primary N) is 1. The molecular formula is C15H14BrClFNO. The molecule has 0 aliphatic carbocycles. The van der Waals surface area contributed by atoms with Crippen molar-refractivity contribution in [3.63, 3.8) is 0 Å². The van der Waals surface area contributed by atoms with E-state index in [0.717, 1.165) is 5.56 Å². The summed E-state index contributed by atoms with van der Waals surface area (Å²) in [6.45, 7) is 2.00. The maximum Gasteiger partial charge on any atom is 0.138 e. The Morgan fingerprint density at radius 2 is 2.05 bits per heavy atom. The molecule has 0 saturated carbocycles. The van der Waals surface area contributed by atoms with Crippen molar-refractivity contribution in [3.05, 3.63) is 62.8 Å². The average molecular weight is 359 g/mol. The maximum absolute atomic E-state index is 13.7. The van der Waals surface area contributed by atoms with Crippen molar-refractivity contribution in [2.45, 2.75) is 19.6 Å². The van der Waals surface area contributed by atoms with E-state index in [2.05, 4.69) is 15.9 Å². The third-order valence-electron chi connectivity index (χ3n) is 2.88. The number of halogens is 3. The van der Waals surface area contributed by atoms with Crippen LogP contribution in [0.25, 0.3) is 0 Å². The Morgan fingerprint density at radius 3 is 2.65 bits per heavy atom. The van der Waals surface area contributed by atoms with Gasteiger partial charge in [-0.3, -0.25) is 0 Å². The van der Waals surface area contributed by atoms with E-state index >= 15 is 0 Å². The number of hydrogen-bond donors (Lipinski definition) is 1. The van der Waals surface area contributed by atoms with Crippen LogP contribution >= 0.6 is 27.5 Å². The second-order valence-corrected chi connectivity index (χ2v) is 5.83. The molecule has 2 rings (SSSR count). The standard InChI is InChI=1S/C15H14BrClFNO/c1-9(19)10-3-5-15(13(17)6-10)20-8-11-2-4-12(16)7-14(11)18/h2-7,9H,8,19H2,1H3/t9-/m0/s1. The highest BCUT2D eigenvalue weighted by molar-refractivity contribution is 9.10. The fourth-order valence-electron chi connectivity index (χ4n) is 1.71. The quantitative estimate of drug-likeness (QED) is 0.848. The summed E-state index contributed by atoms with van der Waals surface area (Å²) in [4.78, 5) is 0. The molecule has 20 heavy (non-hydrogen) atoms. The number of hydrogen-bond acceptors (Lipinski definition) is 2. The third-order valence-corrected chi connectivity index (χ3v) is 3.67. The van der Waals surface area contributed by atoms with E-state index in [1.807, 2.05) is 13.0 Å². The molecule has 0 amide bonds. The van der Waals surface area contributed by atoms with Crippen molar-refractivity contribution in [2.75, 3.05) is 0 Å². The Kier molecular flexibility index (Phi) is 5.02. The fraction of sp³-hybridized carbons (Fsp3) is 0.200. The molecule has 0 radical (unpaired) electrons. The molecule has 1 atom stereocenters. The van der Waals surface area contributed by atoms with Gasteiger partial charge in [0.25, 0.3) is 0 Å². The largest absolute Gasteiger partial charge is 0.487 e. The molecule has 0 spiro atoms. The van der Waals surface area contributed by atoms with Crippen molar-refractivity contribution >= 4 is 27.5 Å². The van der Waals surface area contributed by atoms with E-state index in [4.69, 9.17) is 22.1 Å². The molecule has 5 heteroatoms. The summed E-state index contributed by atoms with van der Waals surface area (Å²) in [6.07, 6.45) is 0. The molecule has 0 saturated heterocycles. The SMILES string of the molecule is C[C@H](N)c1ccc(OCc2ccc(Br)cc2F)c(Cl)c1. The highest BCUT2D eigenvalue weighted by Crippen LogP contribution is 2.28. The third kappa shape index (κ3) is 3.72. The van der Waals surface area contributed by atoms with Crippen LogP contribution in [0.1, 0.15) is 24.1 Å². The maximum atomic E-state index is 13.7.